The van der Waals surface area contributed by atoms with Gasteiger partial charge in [-0.25, -0.2) is 0 Å². The Labute approximate surface area is 151 Å². The van der Waals surface area contributed by atoms with E-state index in [0.29, 0.717) is 17.5 Å². The van der Waals surface area contributed by atoms with Gasteiger partial charge in [0.2, 0.25) is 0 Å². The highest BCUT2D eigenvalue weighted by Crippen LogP contribution is 2.26. The first-order valence-electron chi connectivity index (χ1n) is 8.81. The second-order valence-corrected chi connectivity index (χ2v) is 6.57. The van der Waals surface area contributed by atoms with Crippen molar-refractivity contribution in [1.82, 2.24) is 10.2 Å². The fourth-order valence-electron chi connectivity index (χ4n) is 3.22. The zero-order valence-electron chi connectivity index (χ0n) is 14.4. The van der Waals surface area contributed by atoms with E-state index in [1.807, 2.05) is 6.07 Å². The van der Waals surface area contributed by atoms with Crippen LogP contribution in [0.4, 0.5) is 11.5 Å². The van der Waals surface area contributed by atoms with Crippen LogP contribution in [0.2, 0.25) is 0 Å². The minimum Gasteiger partial charge on any atom is -0.484 e. The molecule has 0 aliphatic heterocycles. The summed E-state index contributed by atoms with van der Waals surface area (Å²) in [6, 6.07) is 7.44. The molecular formula is C18H22N4O4. The highest BCUT2D eigenvalue weighted by Gasteiger charge is 2.15. The lowest BCUT2D eigenvalue weighted by atomic mass is 9.86. The van der Waals surface area contributed by atoms with Gasteiger partial charge in [0, 0.05) is 23.9 Å². The van der Waals surface area contributed by atoms with Crippen molar-refractivity contribution in [3.63, 3.8) is 0 Å². The zero-order chi connectivity index (χ0) is 18.4. The predicted octanol–water partition coefficient (Wildman–Crippen LogP) is 3.46. The third kappa shape index (κ3) is 5.05. The number of non-ortho nitro benzene ring substituents is 1. The summed E-state index contributed by atoms with van der Waals surface area (Å²) in [6.45, 7) is -0.192. The van der Waals surface area contributed by atoms with Crippen molar-refractivity contribution in [3.8, 4) is 5.75 Å². The van der Waals surface area contributed by atoms with Crippen molar-refractivity contribution in [3.05, 3.63) is 46.1 Å². The van der Waals surface area contributed by atoms with Gasteiger partial charge in [-0.05, 0) is 24.5 Å². The fraction of sp³-hybridized carbons (Fsp3) is 0.444. The minimum atomic E-state index is -0.487. The molecule has 1 amide bonds. The number of rotatable bonds is 7. The van der Waals surface area contributed by atoms with Crippen molar-refractivity contribution in [2.24, 2.45) is 5.92 Å². The molecule has 1 aliphatic rings. The Kier molecular flexibility index (Phi) is 5.83. The van der Waals surface area contributed by atoms with Gasteiger partial charge in [-0.2, -0.15) is 5.10 Å². The average Bonchev–Trinajstić information content (AvgIpc) is 3.08. The van der Waals surface area contributed by atoms with Gasteiger partial charge in [0.05, 0.1) is 4.92 Å². The topological polar surface area (TPSA) is 110 Å². The SMILES string of the molecule is O=C(COc1ccc([N+](=O)[O-])cc1)Nc1cc(CC2CCCCC2)[nH]n1. The molecule has 2 aromatic rings. The van der Waals surface area contributed by atoms with Crippen LogP contribution in [0.5, 0.6) is 5.75 Å². The van der Waals surface area contributed by atoms with Crippen LogP contribution in [0.25, 0.3) is 0 Å². The van der Waals surface area contributed by atoms with E-state index in [9.17, 15) is 14.9 Å². The number of aromatic nitrogens is 2. The van der Waals surface area contributed by atoms with Crippen LogP contribution in [-0.2, 0) is 11.2 Å². The molecular weight excluding hydrogens is 336 g/mol. The maximum atomic E-state index is 12.0. The van der Waals surface area contributed by atoms with Gasteiger partial charge in [-0.1, -0.05) is 32.1 Å². The number of H-pyrrole nitrogens is 1. The summed E-state index contributed by atoms with van der Waals surface area (Å²) >= 11 is 0. The van der Waals surface area contributed by atoms with E-state index in [1.54, 1.807) is 0 Å². The van der Waals surface area contributed by atoms with E-state index < -0.39 is 4.92 Å². The molecule has 0 bridgehead atoms. The van der Waals surface area contributed by atoms with Gasteiger partial charge in [-0.15, -0.1) is 0 Å². The van der Waals surface area contributed by atoms with Crippen molar-refractivity contribution >= 4 is 17.4 Å². The van der Waals surface area contributed by atoms with E-state index in [1.165, 1.54) is 56.4 Å². The summed E-state index contributed by atoms with van der Waals surface area (Å²) in [5.74, 6) is 1.23. The van der Waals surface area contributed by atoms with E-state index in [4.69, 9.17) is 4.74 Å². The number of carbonyl (C=O) groups excluding carboxylic acids is 1. The Balaban J connectivity index is 1.45. The van der Waals surface area contributed by atoms with Crippen molar-refractivity contribution in [2.75, 3.05) is 11.9 Å². The largest absolute Gasteiger partial charge is 0.484 e. The maximum absolute atomic E-state index is 12.0. The molecule has 8 nitrogen and oxygen atoms in total. The maximum Gasteiger partial charge on any atom is 0.269 e. The third-order valence-corrected chi connectivity index (χ3v) is 4.55. The van der Waals surface area contributed by atoms with Gasteiger partial charge in [0.15, 0.2) is 12.4 Å². The Morgan fingerprint density at radius 2 is 2.00 bits per heavy atom. The Morgan fingerprint density at radius 3 is 2.69 bits per heavy atom. The molecule has 1 aliphatic carbocycles. The molecule has 1 fully saturated rings. The van der Waals surface area contributed by atoms with Crippen molar-refractivity contribution < 1.29 is 14.5 Å². The monoisotopic (exact) mass is 358 g/mol. The van der Waals surface area contributed by atoms with Gasteiger partial charge in [0.25, 0.3) is 11.6 Å². The van der Waals surface area contributed by atoms with Crippen LogP contribution in [0.1, 0.15) is 37.8 Å². The molecule has 8 heteroatoms. The summed E-state index contributed by atoms with van der Waals surface area (Å²) in [7, 11) is 0. The number of aromatic amines is 1. The third-order valence-electron chi connectivity index (χ3n) is 4.55. The van der Waals surface area contributed by atoms with E-state index in [0.717, 1.165) is 12.1 Å². The van der Waals surface area contributed by atoms with Crippen LogP contribution >= 0.6 is 0 Å². The molecule has 1 aromatic heterocycles. The molecule has 0 radical (unpaired) electrons. The Hall–Kier alpha value is -2.90. The number of benzene rings is 1. The summed E-state index contributed by atoms with van der Waals surface area (Å²) in [6.07, 6.45) is 7.38. The van der Waals surface area contributed by atoms with Gasteiger partial charge < -0.3 is 10.1 Å². The number of ether oxygens (including phenoxy) is 1. The number of amides is 1. The number of nitro groups is 1. The Morgan fingerprint density at radius 1 is 1.27 bits per heavy atom. The highest BCUT2D eigenvalue weighted by molar-refractivity contribution is 5.90. The van der Waals surface area contributed by atoms with E-state index >= 15 is 0 Å². The number of hydrogen-bond acceptors (Lipinski definition) is 5. The van der Waals surface area contributed by atoms with Gasteiger partial charge in [0.1, 0.15) is 5.75 Å². The number of hydrogen-bond donors (Lipinski definition) is 2. The standard InChI is InChI=1S/C18H22N4O4/c23-18(12-26-16-8-6-15(7-9-16)22(24)25)19-17-11-14(20-21-17)10-13-4-2-1-3-5-13/h6-9,11,13H,1-5,10,12H2,(H2,19,20,21,23). The second kappa shape index (κ2) is 8.46. The molecule has 0 atom stereocenters. The molecule has 1 saturated carbocycles. The van der Waals surface area contributed by atoms with Crippen LogP contribution in [0.3, 0.4) is 0 Å². The highest BCUT2D eigenvalue weighted by atomic mass is 16.6. The number of anilines is 1. The summed E-state index contributed by atoms with van der Waals surface area (Å²) < 4.78 is 5.33. The molecule has 1 aromatic carbocycles. The molecule has 1 heterocycles. The van der Waals surface area contributed by atoms with Crippen molar-refractivity contribution in [2.45, 2.75) is 38.5 Å². The lowest BCUT2D eigenvalue weighted by molar-refractivity contribution is -0.384. The predicted molar refractivity (Wildman–Crippen MR) is 96.1 cm³/mol. The second-order valence-electron chi connectivity index (χ2n) is 6.57. The molecule has 0 spiro atoms. The normalized spacial score (nSPS) is 14.8. The average molecular weight is 358 g/mol. The quantitative estimate of drug-likeness (QED) is 0.582. The molecule has 2 N–H and O–H groups in total. The first kappa shape index (κ1) is 17.9. The zero-order valence-corrected chi connectivity index (χ0v) is 14.4. The Bertz CT molecular complexity index is 751. The van der Waals surface area contributed by atoms with E-state index in [-0.39, 0.29) is 18.2 Å². The van der Waals surface area contributed by atoms with Crippen LogP contribution < -0.4 is 10.1 Å². The number of nitro benzene ring substituents is 1. The lowest BCUT2D eigenvalue weighted by Crippen LogP contribution is -2.20. The number of carbonyl (C=O) groups is 1. The molecule has 26 heavy (non-hydrogen) atoms. The van der Waals surface area contributed by atoms with Crippen LogP contribution in [-0.4, -0.2) is 27.6 Å². The summed E-state index contributed by atoms with van der Waals surface area (Å²) in [4.78, 5) is 22.1. The fourth-order valence-corrected chi connectivity index (χ4v) is 3.22. The molecule has 0 unspecified atom stereocenters. The van der Waals surface area contributed by atoms with Crippen LogP contribution in [0.15, 0.2) is 30.3 Å². The molecule has 0 saturated heterocycles. The van der Waals surface area contributed by atoms with Gasteiger partial charge in [-0.3, -0.25) is 20.0 Å². The van der Waals surface area contributed by atoms with Crippen molar-refractivity contribution in [1.29, 1.82) is 0 Å². The summed E-state index contributed by atoms with van der Waals surface area (Å²) in [5, 5.41) is 20.4. The van der Waals surface area contributed by atoms with Gasteiger partial charge >= 0.3 is 0 Å². The molecule has 3 rings (SSSR count). The first-order chi connectivity index (χ1) is 12.6. The minimum absolute atomic E-state index is 0.0242. The number of nitrogens with zero attached hydrogens (tertiary/aromatic N) is 2. The lowest BCUT2D eigenvalue weighted by Gasteiger charge is -2.20. The number of nitrogens with one attached hydrogen (secondary N) is 2. The first-order valence-corrected chi connectivity index (χ1v) is 8.81. The smallest absolute Gasteiger partial charge is 0.269 e. The van der Waals surface area contributed by atoms with E-state index in [2.05, 4.69) is 15.5 Å². The molecule has 138 valence electrons. The van der Waals surface area contributed by atoms with Crippen LogP contribution in [0, 0.1) is 16.0 Å². The summed E-state index contributed by atoms with van der Waals surface area (Å²) in [5.41, 5.74) is 1.01.